The minimum Gasteiger partial charge on any atom is -0.481 e. The molecule has 0 unspecified atom stereocenters. The second kappa shape index (κ2) is 6.81. The Morgan fingerprint density at radius 2 is 2.00 bits per heavy atom. The summed E-state index contributed by atoms with van der Waals surface area (Å²) in [6.45, 7) is 3.68. The molecule has 1 heterocycles. The predicted octanol–water partition coefficient (Wildman–Crippen LogP) is 2.86. The summed E-state index contributed by atoms with van der Waals surface area (Å²) in [4.78, 5) is 26.5. The molecule has 2 aromatic rings. The quantitative estimate of drug-likeness (QED) is 0.733. The summed E-state index contributed by atoms with van der Waals surface area (Å²) in [5.41, 5.74) is 0.504. The summed E-state index contributed by atoms with van der Waals surface area (Å²) in [6, 6.07) is 4.36. The van der Waals surface area contributed by atoms with Crippen LogP contribution in [0.25, 0.3) is 10.9 Å². The number of halogens is 1. The topological polar surface area (TPSA) is 82.2 Å². The summed E-state index contributed by atoms with van der Waals surface area (Å²) in [6.07, 6.45) is 2.63. The van der Waals surface area contributed by atoms with Crippen LogP contribution in [0.4, 0.5) is 4.39 Å². The first kappa shape index (κ1) is 17.0. The van der Waals surface area contributed by atoms with Crippen LogP contribution >= 0.6 is 0 Å². The van der Waals surface area contributed by atoms with Crippen LogP contribution < -0.4 is 5.32 Å². The average molecular weight is 320 g/mol. The molecular weight excluding hydrogens is 299 g/mol. The zero-order valence-electron chi connectivity index (χ0n) is 13.3. The van der Waals surface area contributed by atoms with Gasteiger partial charge < -0.3 is 15.4 Å². The molecule has 0 fully saturated rings. The Bertz CT molecular complexity index is 720. The van der Waals surface area contributed by atoms with Crippen molar-refractivity contribution >= 4 is 22.8 Å². The van der Waals surface area contributed by atoms with Crippen molar-refractivity contribution in [2.75, 3.05) is 6.54 Å². The van der Waals surface area contributed by atoms with Crippen LogP contribution in [0, 0.1) is 11.2 Å². The van der Waals surface area contributed by atoms with E-state index < -0.39 is 11.4 Å². The minimum atomic E-state index is -0.942. The van der Waals surface area contributed by atoms with E-state index in [1.165, 1.54) is 12.1 Å². The van der Waals surface area contributed by atoms with Crippen molar-refractivity contribution in [3.05, 3.63) is 35.8 Å². The van der Waals surface area contributed by atoms with Gasteiger partial charge >= 0.3 is 5.97 Å². The molecule has 2 rings (SSSR count). The first-order valence-corrected chi connectivity index (χ1v) is 7.67. The number of aromatic amines is 1. The SMILES string of the molecule is CCC(CC)(CNC(=O)Cc1c[nH]c2ccc(F)cc12)C(=O)O. The van der Waals surface area contributed by atoms with E-state index in [0.29, 0.717) is 23.8 Å². The number of carbonyl (C=O) groups is 2. The molecule has 5 nitrogen and oxygen atoms in total. The number of carboxylic acids is 1. The minimum absolute atomic E-state index is 0.0760. The van der Waals surface area contributed by atoms with E-state index >= 15 is 0 Å². The third-order valence-electron chi connectivity index (χ3n) is 4.51. The van der Waals surface area contributed by atoms with Crippen molar-refractivity contribution in [1.82, 2.24) is 10.3 Å². The van der Waals surface area contributed by atoms with Gasteiger partial charge in [0.05, 0.1) is 11.8 Å². The molecule has 0 bridgehead atoms. The highest BCUT2D eigenvalue weighted by Crippen LogP contribution is 2.26. The number of nitrogens with one attached hydrogen (secondary N) is 2. The Morgan fingerprint density at radius 1 is 1.30 bits per heavy atom. The van der Waals surface area contributed by atoms with Crippen molar-refractivity contribution in [2.24, 2.45) is 5.41 Å². The maximum atomic E-state index is 13.3. The molecule has 0 aliphatic rings. The molecule has 1 aromatic carbocycles. The normalized spacial score (nSPS) is 11.6. The van der Waals surface area contributed by atoms with Crippen LogP contribution in [0.15, 0.2) is 24.4 Å². The monoisotopic (exact) mass is 320 g/mol. The predicted molar refractivity (Wildman–Crippen MR) is 85.6 cm³/mol. The van der Waals surface area contributed by atoms with E-state index in [-0.39, 0.29) is 24.7 Å². The number of fused-ring (bicyclic) bond motifs is 1. The Morgan fingerprint density at radius 3 is 2.61 bits per heavy atom. The van der Waals surface area contributed by atoms with E-state index in [2.05, 4.69) is 10.3 Å². The summed E-state index contributed by atoms with van der Waals surface area (Å²) in [5, 5.41) is 12.7. The highest BCUT2D eigenvalue weighted by molar-refractivity contribution is 5.89. The molecule has 0 saturated carbocycles. The largest absolute Gasteiger partial charge is 0.481 e. The Balaban J connectivity index is 2.07. The maximum Gasteiger partial charge on any atom is 0.311 e. The lowest BCUT2D eigenvalue weighted by Gasteiger charge is -2.26. The maximum absolute atomic E-state index is 13.3. The Labute approximate surface area is 133 Å². The van der Waals surface area contributed by atoms with E-state index in [9.17, 15) is 19.1 Å². The van der Waals surface area contributed by atoms with E-state index in [1.807, 2.05) is 0 Å². The lowest BCUT2D eigenvalue weighted by atomic mass is 9.82. The Hall–Kier alpha value is -2.37. The number of aromatic nitrogens is 1. The van der Waals surface area contributed by atoms with Gasteiger partial charge in [0.1, 0.15) is 5.82 Å². The molecule has 1 aromatic heterocycles. The zero-order valence-corrected chi connectivity index (χ0v) is 13.3. The highest BCUT2D eigenvalue weighted by atomic mass is 19.1. The molecule has 23 heavy (non-hydrogen) atoms. The van der Waals surface area contributed by atoms with Crippen molar-refractivity contribution in [1.29, 1.82) is 0 Å². The van der Waals surface area contributed by atoms with E-state index in [0.717, 1.165) is 5.52 Å². The van der Waals surface area contributed by atoms with Crippen molar-refractivity contribution < 1.29 is 19.1 Å². The third kappa shape index (κ3) is 3.52. The summed E-state index contributed by atoms with van der Waals surface area (Å²) in [5.74, 6) is -1.54. The first-order chi connectivity index (χ1) is 10.9. The Kier molecular flexibility index (Phi) is 5.03. The number of rotatable bonds is 7. The van der Waals surface area contributed by atoms with Crippen molar-refractivity contribution in [3.8, 4) is 0 Å². The smallest absolute Gasteiger partial charge is 0.311 e. The van der Waals surface area contributed by atoms with Gasteiger partial charge in [-0.15, -0.1) is 0 Å². The molecule has 124 valence electrons. The zero-order chi connectivity index (χ0) is 17.0. The third-order valence-corrected chi connectivity index (χ3v) is 4.51. The number of carbonyl (C=O) groups excluding carboxylic acids is 1. The fourth-order valence-electron chi connectivity index (χ4n) is 2.68. The van der Waals surface area contributed by atoms with Crippen LogP contribution in [0.2, 0.25) is 0 Å². The summed E-state index contributed by atoms with van der Waals surface area (Å²) < 4.78 is 13.3. The number of hydrogen-bond acceptors (Lipinski definition) is 2. The molecule has 3 N–H and O–H groups in total. The van der Waals surface area contributed by atoms with Crippen molar-refractivity contribution in [2.45, 2.75) is 33.1 Å². The molecule has 0 spiro atoms. The summed E-state index contributed by atoms with van der Waals surface area (Å²) in [7, 11) is 0. The van der Waals surface area contributed by atoms with Crippen LogP contribution in [0.1, 0.15) is 32.3 Å². The van der Waals surface area contributed by atoms with E-state index in [1.54, 1.807) is 26.1 Å². The van der Waals surface area contributed by atoms with Crippen LogP contribution in [0.3, 0.4) is 0 Å². The van der Waals surface area contributed by atoms with Gasteiger partial charge in [-0.1, -0.05) is 13.8 Å². The number of H-pyrrole nitrogens is 1. The standard InChI is InChI=1S/C17H21FN2O3/c1-3-17(4-2,16(22)23)10-20-15(21)7-11-9-19-14-6-5-12(18)8-13(11)14/h5-6,8-9,19H,3-4,7,10H2,1-2H3,(H,20,21)(H,22,23). The van der Waals surface area contributed by atoms with Crippen LogP contribution in [-0.4, -0.2) is 28.5 Å². The lowest BCUT2D eigenvalue weighted by Crippen LogP contribution is -2.42. The summed E-state index contributed by atoms with van der Waals surface area (Å²) >= 11 is 0. The van der Waals surface area contributed by atoms with Gasteiger partial charge in [0, 0.05) is 23.6 Å². The van der Waals surface area contributed by atoms with E-state index in [4.69, 9.17) is 0 Å². The number of aliphatic carboxylic acids is 1. The second-order valence-electron chi connectivity index (χ2n) is 5.75. The molecule has 0 atom stereocenters. The fraction of sp³-hybridized carbons (Fsp3) is 0.412. The average Bonchev–Trinajstić information content (AvgIpc) is 2.91. The molecule has 0 saturated heterocycles. The number of amides is 1. The van der Waals surface area contributed by atoms with Gasteiger partial charge in [-0.05, 0) is 36.6 Å². The fourth-order valence-corrected chi connectivity index (χ4v) is 2.68. The number of hydrogen-bond donors (Lipinski definition) is 3. The number of benzene rings is 1. The van der Waals surface area contributed by atoms with Gasteiger partial charge in [-0.2, -0.15) is 0 Å². The van der Waals surface area contributed by atoms with Crippen LogP contribution in [-0.2, 0) is 16.0 Å². The molecule has 0 aliphatic carbocycles. The molecule has 6 heteroatoms. The van der Waals surface area contributed by atoms with Crippen molar-refractivity contribution in [3.63, 3.8) is 0 Å². The lowest BCUT2D eigenvalue weighted by molar-refractivity contribution is -0.149. The highest BCUT2D eigenvalue weighted by Gasteiger charge is 2.35. The first-order valence-electron chi connectivity index (χ1n) is 7.67. The van der Waals surface area contributed by atoms with Gasteiger partial charge in [0.2, 0.25) is 5.91 Å². The second-order valence-corrected chi connectivity index (χ2v) is 5.75. The van der Waals surface area contributed by atoms with Gasteiger partial charge in [0.25, 0.3) is 0 Å². The molecular formula is C17H21FN2O3. The molecule has 0 radical (unpaired) electrons. The molecule has 1 amide bonds. The molecule has 0 aliphatic heterocycles. The van der Waals surface area contributed by atoms with Gasteiger partial charge in [0.15, 0.2) is 0 Å². The van der Waals surface area contributed by atoms with Gasteiger partial charge in [-0.3, -0.25) is 9.59 Å². The number of carboxylic acid groups (broad SMARTS) is 1. The van der Waals surface area contributed by atoms with Crippen LogP contribution in [0.5, 0.6) is 0 Å². The van der Waals surface area contributed by atoms with Gasteiger partial charge in [-0.25, -0.2) is 4.39 Å².